The molecule has 2 amide bonds. The van der Waals surface area contributed by atoms with Crippen molar-refractivity contribution < 1.29 is 9.59 Å². The molecule has 0 aliphatic carbocycles. The van der Waals surface area contributed by atoms with Crippen LogP contribution in [-0.2, 0) is 16.1 Å². The Labute approximate surface area is 151 Å². The number of aromatic amines is 1. The van der Waals surface area contributed by atoms with Crippen molar-refractivity contribution in [2.24, 2.45) is 11.7 Å². The van der Waals surface area contributed by atoms with Crippen molar-refractivity contribution in [3.05, 3.63) is 29.8 Å². The summed E-state index contributed by atoms with van der Waals surface area (Å²) in [4.78, 5) is 23.4. The van der Waals surface area contributed by atoms with Crippen LogP contribution >= 0.6 is 12.4 Å². The summed E-state index contributed by atoms with van der Waals surface area (Å²) < 4.78 is 0. The average molecular weight is 368 g/mol. The van der Waals surface area contributed by atoms with E-state index in [1.807, 2.05) is 38.1 Å². The molecule has 1 aromatic carbocycles. The fraction of sp³-hybridized carbons (Fsp3) is 0.400. The second-order valence-electron chi connectivity index (χ2n) is 5.70. The van der Waals surface area contributed by atoms with Crippen molar-refractivity contribution in [2.45, 2.75) is 26.4 Å². The molecule has 0 spiro atoms. The number of benzene rings is 1. The molecule has 0 saturated carbocycles. The van der Waals surface area contributed by atoms with Crippen molar-refractivity contribution in [1.29, 1.82) is 0 Å². The summed E-state index contributed by atoms with van der Waals surface area (Å²) in [6, 6.07) is 6.79. The molecule has 5 N–H and O–H groups in total. The van der Waals surface area contributed by atoms with Gasteiger partial charge in [0.05, 0.1) is 12.6 Å². The highest BCUT2D eigenvalue weighted by atomic mass is 35.5. The van der Waals surface area contributed by atoms with Crippen molar-refractivity contribution >= 4 is 24.2 Å². The van der Waals surface area contributed by atoms with Crippen LogP contribution < -0.4 is 16.4 Å². The number of nitrogens with one attached hydrogen (secondary N) is 3. The molecule has 0 unspecified atom stereocenters. The van der Waals surface area contributed by atoms with Crippen LogP contribution in [0, 0.1) is 5.92 Å². The average Bonchev–Trinajstić information content (AvgIpc) is 3.12. The first-order valence-electron chi connectivity index (χ1n) is 7.60. The van der Waals surface area contributed by atoms with E-state index < -0.39 is 6.04 Å². The number of nitrogens with two attached hydrogens (primary N) is 1. The van der Waals surface area contributed by atoms with E-state index in [9.17, 15) is 9.59 Å². The van der Waals surface area contributed by atoms with E-state index in [-0.39, 0.29) is 36.7 Å². The number of aromatic nitrogens is 4. The molecular formula is C15H22ClN7O2. The lowest BCUT2D eigenvalue weighted by molar-refractivity contribution is -0.127. The number of tetrazole rings is 1. The molecule has 0 saturated heterocycles. The third kappa shape index (κ3) is 6.12. The zero-order valence-electron chi connectivity index (χ0n) is 14.0. The minimum absolute atomic E-state index is 0. The third-order valence-corrected chi connectivity index (χ3v) is 3.49. The molecule has 1 aromatic heterocycles. The van der Waals surface area contributed by atoms with E-state index in [0.29, 0.717) is 12.4 Å². The number of hydrogen-bond donors (Lipinski definition) is 4. The molecule has 1 atom stereocenters. The number of amides is 2. The van der Waals surface area contributed by atoms with E-state index in [2.05, 4.69) is 31.3 Å². The monoisotopic (exact) mass is 367 g/mol. The predicted octanol–water partition coefficient (Wildman–Crippen LogP) is 0.00420. The van der Waals surface area contributed by atoms with Gasteiger partial charge >= 0.3 is 0 Å². The predicted molar refractivity (Wildman–Crippen MR) is 94.5 cm³/mol. The Kier molecular flexibility index (Phi) is 7.96. The minimum Gasteiger partial charge on any atom is -0.350 e. The van der Waals surface area contributed by atoms with Gasteiger partial charge in [0.15, 0.2) is 0 Å². The molecule has 2 rings (SSSR count). The van der Waals surface area contributed by atoms with Crippen LogP contribution in [0.4, 0.5) is 0 Å². The highest BCUT2D eigenvalue weighted by Gasteiger charge is 2.17. The molecule has 136 valence electrons. The maximum atomic E-state index is 11.8. The van der Waals surface area contributed by atoms with Crippen molar-refractivity contribution in [3.8, 4) is 11.4 Å². The van der Waals surface area contributed by atoms with Gasteiger partial charge in [-0.15, -0.1) is 22.6 Å². The Morgan fingerprint density at radius 1 is 1.20 bits per heavy atom. The van der Waals surface area contributed by atoms with Gasteiger partial charge in [-0.25, -0.2) is 0 Å². The normalized spacial score (nSPS) is 11.5. The summed E-state index contributed by atoms with van der Waals surface area (Å²) in [6.45, 7) is 3.96. The van der Waals surface area contributed by atoms with Crippen LogP contribution in [0.3, 0.4) is 0 Å². The summed E-state index contributed by atoms with van der Waals surface area (Å²) in [7, 11) is 0. The maximum absolute atomic E-state index is 11.8. The smallest absolute Gasteiger partial charge is 0.239 e. The van der Waals surface area contributed by atoms with Crippen molar-refractivity contribution in [1.82, 2.24) is 31.3 Å². The molecule has 25 heavy (non-hydrogen) atoms. The highest BCUT2D eigenvalue weighted by molar-refractivity contribution is 5.87. The van der Waals surface area contributed by atoms with E-state index in [4.69, 9.17) is 5.73 Å². The Hall–Kier alpha value is -2.52. The summed E-state index contributed by atoms with van der Waals surface area (Å²) in [6.07, 6.45) is 0. The molecule has 10 heteroatoms. The van der Waals surface area contributed by atoms with Gasteiger partial charge in [-0.05, 0) is 16.7 Å². The van der Waals surface area contributed by atoms with Gasteiger partial charge in [0.2, 0.25) is 17.6 Å². The van der Waals surface area contributed by atoms with Gasteiger partial charge in [0, 0.05) is 12.1 Å². The largest absolute Gasteiger partial charge is 0.350 e. The first-order valence-corrected chi connectivity index (χ1v) is 7.60. The zero-order chi connectivity index (χ0) is 17.5. The Morgan fingerprint density at radius 3 is 2.44 bits per heavy atom. The number of carbonyl (C=O) groups excluding carboxylic acids is 2. The van der Waals surface area contributed by atoms with Gasteiger partial charge in [0.1, 0.15) is 0 Å². The molecule has 0 fully saturated rings. The van der Waals surface area contributed by atoms with Gasteiger partial charge < -0.3 is 16.4 Å². The second-order valence-corrected chi connectivity index (χ2v) is 5.70. The van der Waals surface area contributed by atoms with E-state index in [1.165, 1.54) is 0 Å². The molecule has 2 aromatic rings. The lowest BCUT2D eigenvalue weighted by atomic mass is 10.1. The molecular weight excluding hydrogens is 346 g/mol. The van der Waals surface area contributed by atoms with Crippen molar-refractivity contribution in [2.75, 3.05) is 6.54 Å². The van der Waals surface area contributed by atoms with Crippen LogP contribution in [-0.4, -0.2) is 45.0 Å². The van der Waals surface area contributed by atoms with Gasteiger partial charge in [-0.3, -0.25) is 9.59 Å². The molecule has 0 aliphatic rings. The zero-order valence-corrected chi connectivity index (χ0v) is 14.8. The van der Waals surface area contributed by atoms with E-state index in [0.717, 1.165) is 11.1 Å². The fourth-order valence-corrected chi connectivity index (χ4v) is 1.91. The number of halogens is 1. The van der Waals surface area contributed by atoms with Crippen LogP contribution in [0.1, 0.15) is 19.4 Å². The number of H-pyrrole nitrogens is 1. The third-order valence-electron chi connectivity index (χ3n) is 3.49. The number of nitrogens with zero attached hydrogens (tertiary/aromatic N) is 3. The molecule has 0 aliphatic heterocycles. The standard InChI is InChI=1S/C15H21N7O2.ClH/c1-9(2)13(16)15(24)18-8-12(23)17-7-10-3-5-11(6-4-10)14-19-21-22-20-14;/h3-6,9,13H,7-8,16H2,1-2H3,(H,17,23)(H,18,24)(H,19,20,21,22);1H/t13-;/m0./s1. The topological polar surface area (TPSA) is 139 Å². The van der Waals surface area contributed by atoms with Crippen LogP contribution in [0.25, 0.3) is 11.4 Å². The summed E-state index contributed by atoms with van der Waals surface area (Å²) in [5.41, 5.74) is 7.45. The second kappa shape index (κ2) is 9.70. The number of rotatable bonds is 7. The summed E-state index contributed by atoms with van der Waals surface area (Å²) in [5, 5.41) is 18.9. The van der Waals surface area contributed by atoms with Crippen LogP contribution in [0.5, 0.6) is 0 Å². The quantitative estimate of drug-likeness (QED) is 0.543. The lowest BCUT2D eigenvalue weighted by Crippen LogP contribution is -2.47. The first kappa shape index (κ1) is 20.5. The van der Waals surface area contributed by atoms with Crippen LogP contribution in [0.2, 0.25) is 0 Å². The first-order chi connectivity index (χ1) is 11.5. The van der Waals surface area contributed by atoms with Gasteiger partial charge in [0.25, 0.3) is 0 Å². The number of hydrogen-bond acceptors (Lipinski definition) is 6. The highest BCUT2D eigenvalue weighted by Crippen LogP contribution is 2.13. The minimum atomic E-state index is -0.615. The van der Waals surface area contributed by atoms with E-state index in [1.54, 1.807) is 0 Å². The van der Waals surface area contributed by atoms with Crippen LogP contribution in [0.15, 0.2) is 24.3 Å². The fourth-order valence-electron chi connectivity index (χ4n) is 1.91. The van der Waals surface area contributed by atoms with Gasteiger partial charge in [-0.2, -0.15) is 5.21 Å². The lowest BCUT2D eigenvalue weighted by Gasteiger charge is -2.15. The Bertz CT molecular complexity index is 674. The SMILES string of the molecule is CC(C)[C@H](N)C(=O)NCC(=O)NCc1ccc(-c2nn[nH]n2)cc1.Cl. The Balaban J connectivity index is 0.00000312. The number of carbonyl (C=O) groups is 2. The summed E-state index contributed by atoms with van der Waals surface area (Å²) >= 11 is 0. The van der Waals surface area contributed by atoms with E-state index >= 15 is 0 Å². The molecule has 1 heterocycles. The van der Waals surface area contributed by atoms with Crippen molar-refractivity contribution in [3.63, 3.8) is 0 Å². The molecule has 0 bridgehead atoms. The molecule has 9 nitrogen and oxygen atoms in total. The Morgan fingerprint density at radius 2 is 1.88 bits per heavy atom. The van der Waals surface area contributed by atoms with Gasteiger partial charge in [-0.1, -0.05) is 38.1 Å². The molecule has 0 radical (unpaired) electrons. The summed E-state index contributed by atoms with van der Waals surface area (Å²) in [5.74, 6) is -0.0771. The maximum Gasteiger partial charge on any atom is 0.239 e.